The highest BCUT2D eigenvalue weighted by atomic mass is 16.3. The zero-order valence-corrected chi connectivity index (χ0v) is 9.44. The van der Waals surface area contributed by atoms with Crippen LogP contribution >= 0.6 is 0 Å². The summed E-state index contributed by atoms with van der Waals surface area (Å²) in [6.45, 7) is 2.95. The predicted octanol–water partition coefficient (Wildman–Crippen LogP) is 0.326. The van der Waals surface area contributed by atoms with Crippen LogP contribution < -0.4 is 0 Å². The minimum absolute atomic E-state index is 0.0456. The smallest absolute Gasteiger partial charge is 0.228 e. The number of nitrogens with one attached hydrogen (secondary N) is 1. The van der Waals surface area contributed by atoms with Gasteiger partial charge in [0.15, 0.2) is 0 Å². The molecule has 2 rings (SSSR count). The highest BCUT2D eigenvalue weighted by Crippen LogP contribution is 2.20. The van der Waals surface area contributed by atoms with E-state index >= 15 is 0 Å². The van der Waals surface area contributed by atoms with E-state index in [4.69, 9.17) is 0 Å². The summed E-state index contributed by atoms with van der Waals surface area (Å²) in [4.78, 5) is 13.6. The Morgan fingerprint density at radius 1 is 1.75 bits per heavy atom. The van der Waals surface area contributed by atoms with Gasteiger partial charge in [-0.05, 0) is 25.8 Å². The molecule has 0 bridgehead atoms. The Hall–Kier alpha value is -1.36. The van der Waals surface area contributed by atoms with Crippen molar-refractivity contribution in [3.05, 3.63) is 18.0 Å². The van der Waals surface area contributed by atoms with Crippen molar-refractivity contribution < 1.29 is 9.90 Å². The molecule has 1 aromatic rings. The number of carbonyl (C=O) groups is 1. The fourth-order valence-corrected chi connectivity index (χ4v) is 2.09. The van der Waals surface area contributed by atoms with Crippen LogP contribution in [0.3, 0.4) is 0 Å². The summed E-state index contributed by atoms with van der Waals surface area (Å²) in [7, 11) is 0. The molecule has 5 nitrogen and oxygen atoms in total. The maximum Gasteiger partial charge on any atom is 0.228 e. The minimum atomic E-state index is -0.734. The molecular weight excluding hydrogens is 206 g/mol. The number of piperidine rings is 1. The van der Waals surface area contributed by atoms with Gasteiger partial charge in [-0.1, -0.05) is 0 Å². The van der Waals surface area contributed by atoms with Crippen LogP contribution in [0.2, 0.25) is 0 Å². The molecule has 0 aliphatic carbocycles. The number of nitrogens with zero attached hydrogens (tertiary/aromatic N) is 2. The molecule has 88 valence electrons. The first-order valence-corrected chi connectivity index (χ1v) is 5.55. The van der Waals surface area contributed by atoms with Gasteiger partial charge < -0.3 is 10.0 Å². The number of hydrogen-bond donors (Lipinski definition) is 2. The van der Waals surface area contributed by atoms with Gasteiger partial charge in [0.25, 0.3) is 0 Å². The van der Waals surface area contributed by atoms with Crippen LogP contribution in [-0.2, 0) is 11.2 Å². The molecule has 0 spiro atoms. The second-order valence-corrected chi connectivity index (χ2v) is 4.67. The van der Waals surface area contributed by atoms with Crippen LogP contribution in [-0.4, -0.2) is 44.8 Å². The Kier molecular flexibility index (Phi) is 2.96. The van der Waals surface area contributed by atoms with Gasteiger partial charge in [-0.3, -0.25) is 9.89 Å². The average molecular weight is 223 g/mol. The Bertz CT molecular complexity index is 359. The molecule has 0 radical (unpaired) electrons. The number of likely N-dealkylation sites (tertiary alicyclic amines) is 1. The van der Waals surface area contributed by atoms with Gasteiger partial charge >= 0.3 is 0 Å². The normalized spacial score (nSPS) is 25.8. The number of aromatic nitrogens is 2. The SMILES string of the molecule is CC1(O)CCCN(C(=O)Cc2ccn[nH]2)C1. The van der Waals surface area contributed by atoms with E-state index in [9.17, 15) is 9.90 Å². The van der Waals surface area contributed by atoms with Crippen LogP contribution in [0.5, 0.6) is 0 Å². The van der Waals surface area contributed by atoms with Gasteiger partial charge in [-0.2, -0.15) is 5.10 Å². The summed E-state index contributed by atoms with van der Waals surface area (Å²) in [5.74, 6) is 0.0456. The molecule has 2 heterocycles. The van der Waals surface area contributed by atoms with E-state index in [1.807, 2.05) is 0 Å². The lowest BCUT2D eigenvalue weighted by atomic mass is 9.95. The maximum absolute atomic E-state index is 11.9. The first-order chi connectivity index (χ1) is 7.57. The Labute approximate surface area is 94.5 Å². The van der Waals surface area contributed by atoms with Crippen molar-refractivity contribution in [1.82, 2.24) is 15.1 Å². The Morgan fingerprint density at radius 2 is 2.56 bits per heavy atom. The van der Waals surface area contributed by atoms with Crippen molar-refractivity contribution in [3.8, 4) is 0 Å². The molecule has 1 aromatic heterocycles. The van der Waals surface area contributed by atoms with E-state index < -0.39 is 5.60 Å². The Morgan fingerprint density at radius 3 is 3.19 bits per heavy atom. The predicted molar refractivity (Wildman–Crippen MR) is 58.7 cm³/mol. The van der Waals surface area contributed by atoms with E-state index in [2.05, 4.69) is 10.2 Å². The Balaban J connectivity index is 1.94. The molecule has 1 aliphatic rings. The molecular formula is C11H17N3O2. The number of β-amino-alcohol motifs (C(OH)–C–C–N with tert-alkyl or cyclic N) is 1. The van der Waals surface area contributed by atoms with Crippen molar-refractivity contribution in [2.24, 2.45) is 0 Å². The van der Waals surface area contributed by atoms with Gasteiger partial charge in [0, 0.05) is 25.0 Å². The van der Waals surface area contributed by atoms with Gasteiger partial charge in [0.1, 0.15) is 0 Å². The zero-order chi connectivity index (χ0) is 11.6. The van der Waals surface area contributed by atoms with Crippen LogP contribution in [0.25, 0.3) is 0 Å². The lowest BCUT2D eigenvalue weighted by Crippen LogP contribution is -2.49. The van der Waals surface area contributed by atoms with Crippen molar-refractivity contribution in [3.63, 3.8) is 0 Å². The first-order valence-electron chi connectivity index (χ1n) is 5.55. The van der Waals surface area contributed by atoms with E-state index in [-0.39, 0.29) is 5.91 Å². The van der Waals surface area contributed by atoms with Crippen molar-refractivity contribution in [2.75, 3.05) is 13.1 Å². The van der Waals surface area contributed by atoms with Gasteiger partial charge in [0.2, 0.25) is 5.91 Å². The van der Waals surface area contributed by atoms with Gasteiger partial charge in [-0.25, -0.2) is 0 Å². The fourth-order valence-electron chi connectivity index (χ4n) is 2.09. The molecule has 0 aromatic carbocycles. The second-order valence-electron chi connectivity index (χ2n) is 4.67. The highest BCUT2D eigenvalue weighted by Gasteiger charge is 2.30. The number of rotatable bonds is 2. The van der Waals surface area contributed by atoms with Crippen LogP contribution in [0.15, 0.2) is 12.3 Å². The summed E-state index contributed by atoms with van der Waals surface area (Å²) < 4.78 is 0. The summed E-state index contributed by atoms with van der Waals surface area (Å²) in [6.07, 6.45) is 3.59. The lowest BCUT2D eigenvalue weighted by molar-refractivity contribution is -0.136. The lowest BCUT2D eigenvalue weighted by Gasteiger charge is -2.36. The largest absolute Gasteiger partial charge is 0.388 e. The second kappa shape index (κ2) is 4.25. The van der Waals surface area contributed by atoms with E-state index in [0.717, 1.165) is 25.1 Å². The topological polar surface area (TPSA) is 69.2 Å². The summed E-state index contributed by atoms with van der Waals surface area (Å²) >= 11 is 0. The fraction of sp³-hybridized carbons (Fsp3) is 0.636. The third-order valence-electron chi connectivity index (χ3n) is 2.93. The third-order valence-corrected chi connectivity index (χ3v) is 2.93. The highest BCUT2D eigenvalue weighted by molar-refractivity contribution is 5.78. The first kappa shape index (κ1) is 11.1. The van der Waals surface area contributed by atoms with Crippen LogP contribution in [0.4, 0.5) is 0 Å². The van der Waals surface area contributed by atoms with Crippen molar-refractivity contribution in [2.45, 2.75) is 31.8 Å². The molecule has 5 heteroatoms. The van der Waals surface area contributed by atoms with Gasteiger partial charge in [-0.15, -0.1) is 0 Å². The molecule has 1 saturated heterocycles. The monoisotopic (exact) mass is 223 g/mol. The van der Waals surface area contributed by atoms with Crippen molar-refractivity contribution in [1.29, 1.82) is 0 Å². The van der Waals surface area contributed by atoms with E-state index in [1.54, 1.807) is 24.1 Å². The molecule has 2 N–H and O–H groups in total. The maximum atomic E-state index is 11.9. The number of amides is 1. The number of H-pyrrole nitrogens is 1. The quantitative estimate of drug-likeness (QED) is 0.759. The molecule has 16 heavy (non-hydrogen) atoms. The molecule has 1 aliphatic heterocycles. The summed E-state index contributed by atoms with van der Waals surface area (Å²) in [5.41, 5.74) is 0.0808. The summed E-state index contributed by atoms with van der Waals surface area (Å²) in [5, 5.41) is 16.5. The number of carbonyl (C=O) groups excluding carboxylic acids is 1. The number of aromatic amines is 1. The number of aliphatic hydroxyl groups is 1. The van der Waals surface area contributed by atoms with Gasteiger partial charge in [0.05, 0.1) is 12.0 Å². The van der Waals surface area contributed by atoms with E-state index in [0.29, 0.717) is 13.0 Å². The average Bonchev–Trinajstić information content (AvgIpc) is 2.69. The van der Waals surface area contributed by atoms with E-state index in [1.165, 1.54) is 0 Å². The molecule has 1 unspecified atom stereocenters. The minimum Gasteiger partial charge on any atom is -0.388 e. The molecule has 1 atom stereocenters. The van der Waals surface area contributed by atoms with Crippen LogP contribution in [0, 0.1) is 0 Å². The molecule has 1 amide bonds. The number of hydrogen-bond acceptors (Lipinski definition) is 3. The van der Waals surface area contributed by atoms with Crippen LogP contribution in [0.1, 0.15) is 25.5 Å². The molecule has 0 saturated carbocycles. The summed E-state index contributed by atoms with van der Waals surface area (Å²) in [6, 6.07) is 1.79. The third kappa shape index (κ3) is 2.61. The van der Waals surface area contributed by atoms with Crippen molar-refractivity contribution >= 4 is 5.91 Å². The standard InChI is InChI=1S/C11H17N3O2/c1-11(16)4-2-6-14(8-11)10(15)7-9-3-5-12-13-9/h3,5,16H,2,4,6-8H2,1H3,(H,12,13). The zero-order valence-electron chi connectivity index (χ0n) is 9.44. The molecule has 1 fully saturated rings.